The van der Waals surface area contributed by atoms with E-state index in [1.807, 2.05) is 19.1 Å². The Hall–Kier alpha value is -1.77. The summed E-state index contributed by atoms with van der Waals surface area (Å²) in [6.07, 6.45) is 2.22. The number of rotatable bonds is 2. The molecule has 0 amide bonds. The van der Waals surface area contributed by atoms with Gasteiger partial charge in [0.05, 0.1) is 0 Å². The minimum Gasteiger partial charge on any atom is -0.507 e. The molecule has 0 radical (unpaired) electrons. The first-order valence-corrected chi connectivity index (χ1v) is 5.69. The largest absolute Gasteiger partial charge is 0.507 e. The minimum atomic E-state index is -0.439. The Morgan fingerprint density at radius 1 is 1.59 bits per heavy atom. The summed E-state index contributed by atoms with van der Waals surface area (Å²) in [5.74, 6) is -0.293. The Morgan fingerprint density at radius 2 is 2.29 bits per heavy atom. The maximum absolute atomic E-state index is 11.9. The number of hydrogen-bond acceptors (Lipinski definition) is 3. The van der Waals surface area contributed by atoms with Crippen molar-refractivity contribution in [2.45, 2.75) is 26.4 Å². The van der Waals surface area contributed by atoms with Gasteiger partial charge in [-0.25, -0.2) is 4.79 Å². The summed E-state index contributed by atoms with van der Waals surface area (Å²) in [5.41, 5.74) is 1.86. The fourth-order valence-corrected chi connectivity index (χ4v) is 2.03. The van der Waals surface area contributed by atoms with Crippen molar-refractivity contribution in [1.82, 2.24) is 0 Å². The lowest BCUT2D eigenvalue weighted by atomic mass is 9.90. The third-order valence-corrected chi connectivity index (χ3v) is 3.31. The highest BCUT2D eigenvalue weighted by Crippen LogP contribution is 2.32. The van der Waals surface area contributed by atoms with E-state index in [1.165, 1.54) is 0 Å². The molecule has 0 bridgehead atoms. The summed E-state index contributed by atoms with van der Waals surface area (Å²) in [5, 5.41) is 9.87. The number of benzene rings is 1. The molecule has 1 aliphatic heterocycles. The number of carbonyl (C=O) groups is 1. The molecule has 0 saturated heterocycles. The summed E-state index contributed by atoms with van der Waals surface area (Å²) < 4.78 is 5.33. The number of aromatic hydroxyl groups is 1. The molecule has 90 valence electrons. The highest BCUT2D eigenvalue weighted by molar-refractivity contribution is 5.95. The molecule has 0 fully saturated rings. The van der Waals surface area contributed by atoms with Crippen LogP contribution >= 0.6 is 0 Å². The van der Waals surface area contributed by atoms with Crippen LogP contribution in [0.2, 0.25) is 0 Å². The van der Waals surface area contributed by atoms with Crippen LogP contribution in [0, 0.1) is 12.8 Å². The quantitative estimate of drug-likeness (QED) is 0.629. The first-order chi connectivity index (χ1) is 8.04. The normalized spacial score (nSPS) is 20.4. The van der Waals surface area contributed by atoms with Gasteiger partial charge in [0.25, 0.3) is 0 Å². The topological polar surface area (TPSA) is 46.5 Å². The van der Waals surface area contributed by atoms with Gasteiger partial charge in [-0.2, -0.15) is 0 Å². The highest BCUT2D eigenvalue weighted by atomic mass is 16.5. The molecule has 1 aliphatic rings. The highest BCUT2D eigenvalue weighted by Gasteiger charge is 2.31. The average Bonchev–Trinajstić information content (AvgIpc) is 2.32. The average molecular weight is 232 g/mol. The fourth-order valence-electron chi connectivity index (χ4n) is 2.03. The van der Waals surface area contributed by atoms with E-state index < -0.39 is 5.97 Å². The van der Waals surface area contributed by atoms with Crippen LogP contribution in [0.4, 0.5) is 0 Å². The van der Waals surface area contributed by atoms with E-state index in [1.54, 1.807) is 13.0 Å². The number of fused-ring (bicyclic) bond motifs is 1. The number of phenols is 1. The number of cyclic esters (lactones) is 1. The van der Waals surface area contributed by atoms with Crippen molar-refractivity contribution in [3.05, 3.63) is 41.5 Å². The van der Waals surface area contributed by atoms with Gasteiger partial charge in [0.2, 0.25) is 0 Å². The van der Waals surface area contributed by atoms with Crippen molar-refractivity contribution in [3.8, 4) is 5.75 Å². The van der Waals surface area contributed by atoms with Gasteiger partial charge in [-0.15, -0.1) is 6.58 Å². The van der Waals surface area contributed by atoms with Crippen molar-refractivity contribution >= 4 is 5.97 Å². The fraction of sp³-hybridized carbons (Fsp3) is 0.357. The molecule has 1 N–H and O–H groups in total. The van der Waals surface area contributed by atoms with Crippen molar-refractivity contribution in [2.75, 3.05) is 0 Å². The first kappa shape index (κ1) is 11.7. The number of esters is 1. The van der Waals surface area contributed by atoms with Crippen LogP contribution < -0.4 is 0 Å². The van der Waals surface area contributed by atoms with Gasteiger partial charge < -0.3 is 9.84 Å². The maximum atomic E-state index is 11.9. The van der Waals surface area contributed by atoms with Crippen LogP contribution in [0.3, 0.4) is 0 Å². The van der Waals surface area contributed by atoms with Crippen LogP contribution in [0.25, 0.3) is 0 Å². The van der Waals surface area contributed by atoms with Gasteiger partial charge >= 0.3 is 5.97 Å². The lowest BCUT2D eigenvalue weighted by Crippen LogP contribution is -2.32. The lowest BCUT2D eigenvalue weighted by molar-refractivity contribution is 0.0165. The van der Waals surface area contributed by atoms with E-state index in [2.05, 4.69) is 6.58 Å². The number of aryl methyl sites for hydroxylation is 1. The Kier molecular flexibility index (Phi) is 2.92. The Balaban J connectivity index is 2.42. The van der Waals surface area contributed by atoms with E-state index in [9.17, 15) is 9.90 Å². The molecular formula is C14H16O3. The maximum Gasteiger partial charge on any atom is 0.342 e. The zero-order valence-corrected chi connectivity index (χ0v) is 10.1. The third-order valence-electron chi connectivity index (χ3n) is 3.31. The van der Waals surface area contributed by atoms with Gasteiger partial charge in [-0.3, -0.25) is 0 Å². The molecule has 3 nitrogen and oxygen atoms in total. The summed E-state index contributed by atoms with van der Waals surface area (Å²) in [4.78, 5) is 11.9. The monoisotopic (exact) mass is 232 g/mol. The zero-order chi connectivity index (χ0) is 12.6. The third kappa shape index (κ3) is 1.93. The number of hydrogen-bond donors (Lipinski definition) is 1. The van der Waals surface area contributed by atoms with Gasteiger partial charge in [0, 0.05) is 12.3 Å². The molecule has 0 unspecified atom stereocenters. The van der Waals surface area contributed by atoms with Crippen molar-refractivity contribution < 1.29 is 14.6 Å². The van der Waals surface area contributed by atoms with Gasteiger partial charge in [-0.05, 0) is 18.1 Å². The number of carbonyl (C=O) groups excluding carboxylic acids is 1. The van der Waals surface area contributed by atoms with Gasteiger partial charge in [0.15, 0.2) is 0 Å². The summed E-state index contributed by atoms with van der Waals surface area (Å²) >= 11 is 0. The molecule has 0 spiro atoms. The molecule has 0 aliphatic carbocycles. The van der Waals surface area contributed by atoms with E-state index in [0.29, 0.717) is 17.5 Å². The molecule has 1 heterocycles. The number of ether oxygens (including phenoxy) is 1. The molecule has 1 aromatic carbocycles. The summed E-state index contributed by atoms with van der Waals surface area (Å²) in [6, 6.07) is 3.70. The van der Waals surface area contributed by atoms with E-state index >= 15 is 0 Å². The molecule has 0 aromatic heterocycles. The second-order valence-corrected chi connectivity index (χ2v) is 4.51. The van der Waals surface area contributed by atoms with Crippen LogP contribution in [0.1, 0.15) is 28.4 Å². The predicted octanol–water partition coefficient (Wildman–Crippen LogP) is 2.60. The van der Waals surface area contributed by atoms with Crippen LogP contribution in [-0.2, 0) is 11.2 Å². The molecule has 1 aromatic rings. The van der Waals surface area contributed by atoms with E-state index in [4.69, 9.17) is 4.74 Å². The second-order valence-electron chi connectivity index (χ2n) is 4.51. The Labute approximate surface area is 101 Å². The van der Waals surface area contributed by atoms with Crippen molar-refractivity contribution in [2.24, 2.45) is 5.92 Å². The molecule has 2 atom stereocenters. The van der Waals surface area contributed by atoms with Crippen LogP contribution in [0.5, 0.6) is 5.75 Å². The molecular weight excluding hydrogens is 216 g/mol. The lowest BCUT2D eigenvalue weighted by Gasteiger charge is -2.28. The molecule has 0 saturated carbocycles. The number of phenolic OH excluding ortho intramolecular Hbond substituents is 1. The minimum absolute atomic E-state index is 0.0391. The second kappa shape index (κ2) is 4.24. The first-order valence-electron chi connectivity index (χ1n) is 5.69. The van der Waals surface area contributed by atoms with Gasteiger partial charge in [0.1, 0.15) is 17.4 Å². The van der Waals surface area contributed by atoms with Crippen molar-refractivity contribution in [3.63, 3.8) is 0 Å². The zero-order valence-electron chi connectivity index (χ0n) is 10.1. The molecule has 17 heavy (non-hydrogen) atoms. The van der Waals surface area contributed by atoms with Crippen LogP contribution in [-0.4, -0.2) is 17.2 Å². The van der Waals surface area contributed by atoms with E-state index in [-0.39, 0.29) is 17.8 Å². The Bertz CT molecular complexity index is 477. The smallest absolute Gasteiger partial charge is 0.342 e. The van der Waals surface area contributed by atoms with Crippen LogP contribution in [0.15, 0.2) is 24.8 Å². The molecule has 3 heteroatoms. The summed E-state index contributed by atoms with van der Waals surface area (Å²) in [7, 11) is 0. The SMILES string of the molecule is C=C[C@H](C)[C@H]1Cc2ccc(C)c(O)c2C(=O)O1. The van der Waals surface area contributed by atoms with Gasteiger partial charge in [-0.1, -0.05) is 25.1 Å². The standard InChI is InChI=1S/C14H16O3/c1-4-8(2)11-7-10-6-5-9(3)13(15)12(10)14(16)17-11/h4-6,8,11,15H,1,7H2,2-3H3/t8-,11+/m0/s1. The Morgan fingerprint density at radius 3 is 2.94 bits per heavy atom. The molecule has 2 rings (SSSR count). The summed E-state index contributed by atoms with van der Waals surface area (Å²) in [6.45, 7) is 7.44. The predicted molar refractivity (Wildman–Crippen MR) is 65.1 cm³/mol. The van der Waals surface area contributed by atoms with E-state index in [0.717, 1.165) is 5.56 Å². The van der Waals surface area contributed by atoms with Crippen molar-refractivity contribution in [1.29, 1.82) is 0 Å².